The maximum Gasteiger partial charge on any atom is 0.0834 e. The van der Waals surface area contributed by atoms with Gasteiger partial charge in [-0.25, -0.2) is 0 Å². The van der Waals surface area contributed by atoms with Crippen molar-refractivity contribution in [1.82, 2.24) is 5.06 Å². The number of hydroxylamine groups is 2. The van der Waals surface area contributed by atoms with Crippen molar-refractivity contribution >= 4 is 5.57 Å². The van der Waals surface area contributed by atoms with Crippen LogP contribution >= 0.6 is 0 Å². The quantitative estimate of drug-likeness (QED) is 0.498. The summed E-state index contributed by atoms with van der Waals surface area (Å²) in [6, 6.07) is 8.70. The number of allylic oxidation sites excluding steroid dienone is 6. The molecule has 0 spiro atoms. The van der Waals surface area contributed by atoms with E-state index in [0.29, 0.717) is 12.5 Å². The molecule has 1 aliphatic heterocycles. The molecular formula is C25H35NO3. The van der Waals surface area contributed by atoms with Gasteiger partial charge in [-0.2, -0.15) is 5.06 Å². The second-order valence-corrected chi connectivity index (χ2v) is 7.80. The zero-order chi connectivity index (χ0) is 20.3. The highest BCUT2D eigenvalue weighted by Crippen LogP contribution is 2.35. The molecule has 0 aromatic heterocycles. The lowest BCUT2D eigenvalue weighted by Gasteiger charge is -2.33. The van der Waals surface area contributed by atoms with Gasteiger partial charge in [0.05, 0.1) is 13.2 Å². The molecule has 1 saturated heterocycles. The zero-order valence-electron chi connectivity index (χ0n) is 17.9. The summed E-state index contributed by atoms with van der Waals surface area (Å²) in [5.41, 5.74) is 3.80. The van der Waals surface area contributed by atoms with Gasteiger partial charge in [-0.1, -0.05) is 54.6 Å². The fraction of sp³-hybridized carbons (Fsp3) is 0.520. The molecule has 158 valence electrons. The van der Waals surface area contributed by atoms with Crippen LogP contribution in [0.5, 0.6) is 0 Å². The first-order valence-electron chi connectivity index (χ1n) is 10.8. The Labute approximate surface area is 175 Å². The fourth-order valence-corrected chi connectivity index (χ4v) is 4.20. The molecule has 1 aliphatic carbocycles. The number of piperidine rings is 1. The van der Waals surface area contributed by atoms with Crippen molar-refractivity contribution in [2.75, 3.05) is 40.5 Å². The Morgan fingerprint density at radius 3 is 2.90 bits per heavy atom. The van der Waals surface area contributed by atoms with Crippen LogP contribution in [0.25, 0.3) is 5.57 Å². The van der Waals surface area contributed by atoms with Crippen molar-refractivity contribution in [3.63, 3.8) is 0 Å². The highest BCUT2D eigenvalue weighted by Gasteiger charge is 2.26. The highest BCUT2D eigenvalue weighted by molar-refractivity contribution is 5.77. The lowest BCUT2D eigenvalue weighted by atomic mass is 9.87. The van der Waals surface area contributed by atoms with Gasteiger partial charge in [0.2, 0.25) is 0 Å². The molecule has 4 heteroatoms. The highest BCUT2D eigenvalue weighted by atomic mass is 16.7. The van der Waals surface area contributed by atoms with Gasteiger partial charge in [0.1, 0.15) is 0 Å². The first-order valence-corrected chi connectivity index (χ1v) is 10.8. The summed E-state index contributed by atoms with van der Waals surface area (Å²) in [5.74, 6) is 0.572. The lowest BCUT2D eigenvalue weighted by molar-refractivity contribution is -0.156. The first kappa shape index (κ1) is 22.0. The molecule has 1 aromatic carbocycles. The Hall–Kier alpha value is -1.72. The molecule has 0 bridgehead atoms. The smallest absolute Gasteiger partial charge is 0.0834 e. The number of methoxy groups -OCH3 is 1. The number of hydrogen-bond acceptors (Lipinski definition) is 4. The summed E-state index contributed by atoms with van der Waals surface area (Å²) in [7, 11) is 3.52. The van der Waals surface area contributed by atoms with E-state index in [1.807, 2.05) is 0 Å². The molecule has 2 unspecified atom stereocenters. The van der Waals surface area contributed by atoms with E-state index in [2.05, 4.69) is 59.7 Å². The van der Waals surface area contributed by atoms with E-state index in [9.17, 15) is 0 Å². The normalized spacial score (nSPS) is 21.0. The number of rotatable bonds is 10. The monoisotopic (exact) mass is 397 g/mol. The van der Waals surface area contributed by atoms with Crippen LogP contribution in [-0.4, -0.2) is 45.6 Å². The van der Waals surface area contributed by atoms with Gasteiger partial charge in [-0.05, 0) is 54.7 Å². The molecule has 4 nitrogen and oxygen atoms in total. The molecule has 1 heterocycles. The van der Waals surface area contributed by atoms with E-state index in [-0.39, 0.29) is 6.10 Å². The van der Waals surface area contributed by atoms with E-state index < -0.39 is 0 Å². The molecule has 0 radical (unpaired) electrons. The maximum atomic E-state index is 6.46. The molecule has 2 atom stereocenters. The maximum absolute atomic E-state index is 6.46. The van der Waals surface area contributed by atoms with Crippen LogP contribution in [0.2, 0.25) is 0 Å². The number of ether oxygens (including phenoxy) is 2. The Bertz CT molecular complexity index is 710. The van der Waals surface area contributed by atoms with Crippen LogP contribution < -0.4 is 0 Å². The predicted molar refractivity (Wildman–Crippen MR) is 118 cm³/mol. The molecule has 1 fully saturated rings. The standard InChI is InChI=1S/C25H35NO3/c1-27-17-10-18-29-25(19-21-11-9-16-26(20-21)28-2)24-15-8-7-14-23(24)22-12-5-3-4-6-13-22/h3,5-8,12-15,21,25H,4,9-11,16-20H2,1-2H3. The summed E-state index contributed by atoms with van der Waals surface area (Å²) < 4.78 is 11.7. The van der Waals surface area contributed by atoms with E-state index >= 15 is 0 Å². The third kappa shape index (κ3) is 6.65. The summed E-state index contributed by atoms with van der Waals surface area (Å²) >= 11 is 0. The topological polar surface area (TPSA) is 30.9 Å². The van der Waals surface area contributed by atoms with Gasteiger partial charge in [0.15, 0.2) is 0 Å². The van der Waals surface area contributed by atoms with E-state index in [4.69, 9.17) is 14.3 Å². The van der Waals surface area contributed by atoms with Gasteiger partial charge in [-0.3, -0.25) is 0 Å². The van der Waals surface area contributed by atoms with E-state index in [0.717, 1.165) is 39.0 Å². The molecule has 3 rings (SSSR count). The third-order valence-corrected chi connectivity index (χ3v) is 5.70. The fourth-order valence-electron chi connectivity index (χ4n) is 4.20. The van der Waals surface area contributed by atoms with Crippen molar-refractivity contribution in [1.29, 1.82) is 0 Å². The molecule has 0 amide bonds. The number of benzene rings is 1. The Kier molecular flexibility index (Phi) is 9.16. The summed E-state index contributed by atoms with van der Waals surface area (Å²) in [5, 5.41) is 2.09. The van der Waals surface area contributed by atoms with Crippen molar-refractivity contribution in [2.45, 2.75) is 38.2 Å². The Balaban J connectivity index is 1.81. The van der Waals surface area contributed by atoms with Gasteiger partial charge in [0, 0.05) is 33.4 Å². The first-order chi connectivity index (χ1) is 14.3. The molecule has 1 aromatic rings. The summed E-state index contributed by atoms with van der Waals surface area (Å²) in [6.45, 7) is 3.44. The largest absolute Gasteiger partial charge is 0.385 e. The van der Waals surface area contributed by atoms with E-state index in [1.165, 1.54) is 29.5 Å². The predicted octanol–water partition coefficient (Wildman–Crippen LogP) is 5.34. The molecule has 29 heavy (non-hydrogen) atoms. The molecule has 0 saturated carbocycles. The number of nitrogens with zero attached hydrogens (tertiary/aromatic N) is 1. The minimum Gasteiger partial charge on any atom is -0.385 e. The zero-order valence-corrected chi connectivity index (χ0v) is 17.9. The second-order valence-electron chi connectivity index (χ2n) is 7.80. The summed E-state index contributed by atoms with van der Waals surface area (Å²) in [4.78, 5) is 5.50. The van der Waals surface area contributed by atoms with Crippen molar-refractivity contribution in [2.24, 2.45) is 5.92 Å². The van der Waals surface area contributed by atoms with Gasteiger partial charge >= 0.3 is 0 Å². The second kappa shape index (κ2) is 12.1. The van der Waals surface area contributed by atoms with E-state index in [1.54, 1.807) is 14.2 Å². The lowest BCUT2D eigenvalue weighted by Crippen LogP contribution is -2.35. The number of hydrogen-bond donors (Lipinski definition) is 0. The average molecular weight is 398 g/mol. The minimum atomic E-state index is 0.0754. The van der Waals surface area contributed by atoms with Crippen LogP contribution in [0.15, 0.2) is 54.6 Å². The van der Waals surface area contributed by atoms with Crippen molar-refractivity contribution in [3.05, 3.63) is 65.8 Å². The summed E-state index contributed by atoms with van der Waals surface area (Å²) in [6.07, 6.45) is 16.4. The van der Waals surface area contributed by atoms with Crippen molar-refractivity contribution in [3.8, 4) is 0 Å². The van der Waals surface area contributed by atoms with Gasteiger partial charge in [0.25, 0.3) is 0 Å². The molecular weight excluding hydrogens is 362 g/mol. The van der Waals surface area contributed by atoms with Crippen LogP contribution in [0, 0.1) is 5.92 Å². The van der Waals surface area contributed by atoms with Crippen LogP contribution in [0.1, 0.15) is 49.3 Å². The van der Waals surface area contributed by atoms with Gasteiger partial charge < -0.3 is 14.3 Å². The molecule has 2 aliphatic rings. The molecule has 0 N–H and O–H groups in total. The van der Waals surface area contributed by atoms with Crippen LogP contribution in [-0.2, 0) is 14.3 Å². The average Bonchev–Trinajstić information content (AvgIpc) is 3.05. The SMILES string of the molecule is COCCCOC(CC1CCCN(OC)C1)c1ccccc1C1=CC=CCC=C1. The van der Waals surface area contributed by atoms with Crippen molar-refractivity contribution < 1.29 is 14.3 Å². The van der Waals surface area contributed by atoms with Gasteiger partial charge in [-0.15, -0.1) is 0 Å². The Morgan fingerprint density at radius 1 is 1.14 bits per heavy atom. The Morgan fingerprint density at radius 2 is 2.03 bits per heavy atom. The minimum absolute atomic E-state index is 0.0754. The van der Waals surface area contributed by atoms with Crippen LogP contribution in [0.4, 0.5) is 0 Å². The third-order valence-electron chi connectivity index (χ3n) is 5.70. The van der Waals surface area contributed by atoms with Crippen LogP contribution in [0.3, 0.4) is 0 Å².